The molecule has 0 fully saturated rings. The highest BCUT2D eigenvalue weighted by Crippen LogP contribution is 2.28. The molecule has 0 aliphatic carbocycles. The molecular weight excluding hydrogens is 238 g/mol. The Kier molecular flexibility index (Phi) is 3.71. The van der Waals surface area contributed by atoms with Crippen LogP contribution in [0, 0.1) is 0 Å². The summed E-state index contributed by atoms with van der Waals surface area (Å²) in [5, 5.41) is 0.561. The van der Waals surface area contributed by atoms with Crippen LogP contribution >= 0.6 is 11.6 Å². The smallest absolute Gasteiger partial charge is 0.146 e. The van der Waals surface area contributed by atoms with E-state index in [2.05, 4.69) is 0 Å². The standard InChI is InChI=1S/C13H14ClNO2/c1-9(15)10-4-5-13(12(14)7-10)17-8-11-3-2-6-16-11/h2-7,9H,8,15H2,1H3/t9-/m1/s1. The van der Waals surface area contributed by atoms with Gasteiger partial charge in [-0.3, -0.25) is 0 Å². The molecule has 0 aliphatic heterocycles. The molecule has 4 heteroatoms. The van der Waals surface area contributed by atoms with Gasteiger partial charge in [0.25, 0.3) is 0 Å². The lowest BCUT2D eigenvalue weighted by atomic mass is 10.1. The highest BCUT2D eigenvalue weighted by molar-refractivity contribution is 6.32. The van der Waals surface area contributed by atoms with Gasteiger partial charge in [-0.05, 0) is 36.8 Å². The van der Waals surface area contributed by atoms with E-state index in [1.165, 1.54) is 0 Å². The largest absolute Gasteiger partial charge is 0.484 e. The number of ether oxygens (including phenoxy) is 1. The first-order valence-corrected chi connectivity index (χ1v) is 5.75. The maximum atomic E-state index is 6.10. The van der Waals surface area contributed by atoms with Crippen molar-refractivity contribution < 1.29 is 9.15 Å². The predicted octanol–water partition coefficient (Wildman–Crippen LogP) is 3.53. The molecule has 17 heavy (non-hydrogen) atoms. The van der Waals surface area contributed by atoms with Crippen molar-refractivity contribution in [3.63, 3.8) is 0 Å². The first-order valence-electron chi connectivity index (χ1n) is 5.37. The van der Waals surface area contributed by atoms with Gasteiger partial charge in [0.1, 0.15) is 18.1 Å². The Balaban J connectivity index is 2.06. The number of rotatable bonds is 4. The summed E-state index contributed by atoms with van der Waals surface area (Å²) in [7, 11) is 0. The molecule has 0 saturated carbocycles. The van der Waals surface area contributed by atoms with Crippen LogP contribution in [0.5, 0.6) is 5.75 Å². The Morgan fingerprint density at radius 1 is 1.41 bits per heavy atom. The second-order valence-electron chi connectivity index (χ2n) is 3.85. The van der Waals surface area contributed by atoms with Gasteiger partial charge in [-0.25, -0.2) is 0 Å². The van der Waals surface area contributed by atoms with E-state index < -0.39 is 0 Å². The fraction of sp³-hybridized carbons (Fsp3) is 0.231. The molecule has 90 valence electrons. The Morgan fingerprint density at radius 3 is 2.82 bits per heavy atom. The lowest BCUT2D eigenvalue weighted by Crippen LogP contribution is -2.05. The zero-order chi connectivity index (χ0) is 12.3. The second kappa shape index (κ2) is 5.25. The Bertz CT molecular complexity index is 480. The third-order valence-electron chi connectivity index (χ3n) is 2.43. The van der Waals surface area contributed by atoms with Crippen molar-refractivity contribution in [1.82, 2.24) is 0 Å². The topological polar surface area (TPSA) is 48.4 Å². The Hall–Kier alpha value is -1.45. The molecule has 2 rings (SSSR count). The summed E-state index contributed by atoms with van der Waals surface area (Å²) in [4.78, 5) is 0. The summed E-state index contributed by atoms with van der Waals surface area (Å²) in [6.07, 6.45) is 1.61. The molecule has 0 unspecified atom stereocenters. The monoisotopic (exact) mass is 251 g/mol. The van der Waals surface area contributed by atoms with Gasteiger partial charge in [-0.15, -0.1) is 0 Å². The zero-order valence-electron chi connectivity index (χ0n) is 9.52. The number of nitrogens with two attached hydrogens (primary N) is 1. The molecule has 3 nitrogen and oxygen atoms in total. The number of hydrogen-bond donors (Lipinski definition) is 1. The molecule has 1 aromatic heterocycles. The highest BCUT2D eigenvalue weighted by Gasteiger charge is 2.06. The fourth-order valence-electron chi connectivity index (χ4n) is 1.46. The summed E-state index contributed by atoms with van der Waals surface area (Å²) in [6, 6.07) is 9.19. The van der Waals surface area contributed by atoms with Crippen molar-refractivity contribution in [2.45, 2.75) is 19.6 Å². The summed E-state index contributed by atoms with van der Waals surface area (Å²) in [5.41, 5.74) is 6.76. The van der Waals surface area contributed by atoms with Crippen LogP contribution in [-0.2, 0) is 6.61 Å². The van der Waals surface area contributed by atoms with Gasteiger partial charge in [0.05, 0.1) is 11.3 Å². The maximum Gasteiger partial charge on any atom is 0.146 e. The maximum absolute atomic E-state index is 6.10. The quantitative estimate of drug-likeness (QED) is 0.904. The molecular formula is C13H14ClNO2. The molecule has 2 aromatic rings. The Labute approximate surface area is 105 Å². The zero-order valence-corrected chi connectivity index (χ0v) is 10.3. The van der Waals surface area contributed by atoms with E-state index >= 15 is 0 Å². The van der Waals surface area contributed by atoms with E-state index in [9.17, 15) is 0 Å². The highest BCUT2D eigenvalue weighted by atomic mass is 35.5. The lowest BCUT2D eigenvalue weighted by Gasteiger charge is -2.10. The number of benzene rings is 1. The summed E-state index contributed by atoms with van der Waals surface area (Å²) < 4.78 is 10.7. The van der Waals surface area contributed by atoms with Crippen LogP contribution in [-0.4, -0.2) is 0 Å². The number of hydrogen-bond acceptors (Lipinski definition) is 3. The van der Waals surface area contributed by atoms with Gasteiger partial charge < -0.3 is 14.9 Å². The molecule has 2 N–H and O–H groups in total. The van der Waals surface area contributed by atoms with Crippen LogP contribution in [0.25, 0.3) is 0 Å². The molecule has 1 heterocycles. The molecule has 1 atom stereocenters. The summed E-state index contributed by atoms with van der Waals surface area (Å²) >= 11 is 6.10. The van der Waals surface area contributed by atoms with Crippen molar-refractivity contribution in [2.75, 3.05) is 0 Å². The van der Waals surface area contributed by atoms with E-state index in [-0.39, 0.29) is 6.04 Å². The average Bonchev–Trinajstić information content (AvgIpc) is 2.80. The summed E-state index contributed by atoms with van der Waals surface area (Å²) in [5.74, 6) is 1.39. The minimum absolute atomic E-state index is 0.0355. The van der Waals surface area contributed by atoms with Gasteiger partial charge in [0.15, 0.2) is 0 Å². The normalized spacial score (nSPS) is 12.4. The van der Waals surface area contributed by atoms with Gasteiger partial charge in [0, 0.05) is 6.04 Å². The van der Waals surface area contributed by atoms with E-state index in [1.807, 2.05) is 37.3 Å². The molecule has 0 radical (unpaired) electrons. The molecule has 1 aromatic carbocycles. The predicted molar refractivity (Wildman–Crippen MR) is 67.1 cm³/mol. The van der Waals surface area contributed by atoms with E-state index in [0.717, 1.165) is 11.3 Å². The minimum Gasteiger partial charge on any atom is -0.484 e. The van der Waals surface area contributed by atoms with Crippen molar-refractivity contribution in [3.05, 3.63) is 52.9 Å². The molecule has 0 amide bonds. The number of halogens is 1. The summed E-state index contributed by atoms with van der Waals surface area (Å²) in [6.45, 7) is 2.28. The van der Waals surface area contributed by atoms with Crippen LogP contribution < -0.4 is 10.5 Å². The van der Waals surface area contributed by atoms with Crippen LogP contribution in [0.3, 0.4) is 0 Å². The van der Waals surface area contributed by atoms with Crippen molar-refractivity contribution in [2.24, 2.45) is 5.73 Å². The lowest BCUT2D eigenvalue weighted by molar-refractivity contribution is 0.270. The second-order valence-corrected chi connectivity index (χ2v) is 4.25. The van der Waals surface area contributed by atoms with Crippen molar-refractivity contribution in [1.29, 1.82) is 0 Å². The van der Waals surface area contributed by atoms with Crippen molar-refractivity contribution in [3.8, 4) is 5.75 Å². The fourth-order valence-corrected chi connectivity index (χ4v) is 1.70. The van der Waals surface area contributed by atoms with E-state index in [4.69, 9.17) is 26.5 Å². The van der Waals surface area contributed by atoms with Gasteiger partial charge in [-0.2, -0.15) is 0 Å². The molecule has 0 spiro atoms. The Morgan fingerprint density at radius 2 is 2.24 bits per heavy atom. The van der Waals surface area contributed by atoms with Crippen LogP contribution in [0.4, 0.5) is 0 Å². The van der Waals surface area contributed by atoms with Crippen LogP contribution in [0.1, 0.15) is 24.3 Å². The average molecular weight is 252 g/mol. The van der Waals surface area contributed by atoms with Crippen LogP contribution in [0.15, 0.2) is 41.0 Å². The first-order chi connectivity index (χ1) is 8.16. The minimum atomic E-state index is -0.0355. The molecule has 0 aliphatic rings. The third-order valence-corrected chi connectivity index (χ3v) is 2.73. The van der Waals surface area contributed by atoms with E-state index in [0.29, 0.717) is 17.4 Å². The van der Waals surface area contributed by atoms with E-state index in [1.54, 1.807) is 6.26 Å². The third kappa shape index (κ3) is 3.02. The first kappa shape index (κ1) is 12.0. The molecule has 0 bridgehead atoms. The van der Waals surface area contributed by atoms with Gasteiger partial charge in [0.2, 0.25) is 0 Å². The van der Waals surface area contributed by atoms with Gasteiger partial charge in [-0.1, -0.05) is 17.7 Å². The SMILES string of the molecule is C[C@@H](N)c1ccc(OCc2ccco2)c(Cl)c1. The van der Waals surface area contributed by atoms with Crippen molar-refractivity contribution >= 4 is 11.6 Å². The van der Waals surface area contributed by atoms with Gasteiger partial charge >= 0.3 is 0 Å². The number of furan rings is 1. The van der Waals surface area contributed by atoms with Crippen LogP contribution in [0.2, 0.25) is 5.02 Å². The molecule has 0 saturated heterocycles.